The number of benzene rings is 9. The molecule has 0 aliphatic heterocycles. The molecule has 9 aromatic carbocycles. The number of rotatable bonds is 5. The van der Waals surface area contributed by atoms with Crippen molar-refractivity contribution < 1.29 is 8.83 Å². The van der Waals surface area contributed by atoms with Crippen molar-refractivity contribution >= 4 is 82.5 Å². The zero-order valence-electron chi connectivity index (χ0n) is 28.7. The number of furan rings is 2. The first-order valence-electron chi connectivity index (χ1n) is 18.0. The zero-order chi connectivity index (χ0) is 34.9. The third kappa shape index (κ3) is 4.68. The molecule has 11 rings (SSSR count). The van der Waals surface area contributed by atoms with Gasteiger partial charge < -0.3 is 13.7 Å². The molecule has 0 aliphatic rings. The summed E-state index contributed by atoms with van der Waals surface area (Å²) < 4.78 is 13.1. The summed E-state index contributed by atoms with van der Waals surface area (Å²) in [7, 11) is 0. The van der Waals surface area contributed by atoms with Crippen LogP contribution >= 0.6 is 0 Å². The first-order valence-corrected chi connectivity index (χ1v) is 18.0. The van der Waals surface area contributed by atoms with E-state index < -0.39 is 0 Å². The van der Waals surface area contributed by atoms with E-state index in [0.717, 1.165) is 83.2 Å². The van der Waals surface area contributed by atoms with Gasteiger partial charge in [-0.25, -0.2) is 0 Å². The second-order valence-electron chi connectivity index (χ2n) is 13.7. The molecule has 2 heterocycles. The van der Waals surface area contributed by atoms with Crippen molar-refractivity contribution in [3.8, 4) is 22.3 Å². The summed E-state index contributed by atoms with van der Waals surface area (Å²) in [6, 6.07) is 66.6. The molecule has 3 heteroatoms. The van der Waals surface area contributed by atoms with Crippen molar-refractivity contribution in [3.05, 3.63) is 188 Å². The Labute approximate surface area is 305 Å². The fourth-order valence-corrected chi connectivity index (χ4v) is 8.18. The molecule has 53 heavy (non-hydrogen) atoms. The summed E-state index contributed by atoms with van der Waals surface area (Å²) >= 11 is 0. The molecule has 3 nitrogen and oxygen atoms in total. The Kier molecular flexibility index (Phi) is 6.55. The second kappa shape index (κ2) is 11.7. The van der Waals surface area contributed by atoms with Crippen molar-refractivity contribution in [2.45, 2.75) is 0 Å². The Hall–Kier alpha value is -7.10. The maximum atomic E-state index is 6.56. The first-order chi connectivity index (χ1) is 26.3. The molecule has 0 fully saturated rings. The van der Waals surface area contributed by atoms with Crippen LogP contribution in [0.5, 0.6) is 0 Å². The van der Waals surface area contributed by atoms with Crippen molar-refractivity contribution in [1.82, 2.24) is 0 Å². The number of hydrogen-bond donors (Lipinski definition) is 0. The lowest BCUT2D eigenvalue weighted by atomic mass is 9.96. The lowest BCUT2D eigenvalue weighted by molar-refractivity contribution is 0.670. The van der Waals surface area contributed by atoms with Gasteiger partial charge in [0.15, 0.2) is 0 Å². The van der Waals surface area contributed by atoms with Crippen LogP contribution in [0.25, 0.3) is 87.7 Å². The molecular weight excluding hydrogens is 647 g/mol. The van der Waals surface area contributed by atoms with Gasteiger partial charge in [0.05, 0.1) is 0 Å². The Morgan fingerprint density at radius 2 is 0.698 bits per heavy atom. The molecule has 11 aromatic rings. The van der Waals surface area contributed by atoms with E-state index >= 15 is 0 Å². The number of nitrogens with zero attached hydrogens (tertiary/aromatic N) is 1. The Morgan fingerprint density at radius 1 is 0.321 bits per heavy atom. The van der Waals surface area contributed by atoms with E-state index in [0.29, 0.717) is 0 Å². The predicted octanol–water partition coefficient (Wildman–Crippen LogP) is 14.6. The van der Waals surface area contributed by atoms with Crippen LogP contribution in [0, 0.1) is 0 Å². The van der Waals surface area contributed by atoms with Crippen LogP contribution < -0.4 is 4.90 Å². The number of fused-ring (bicyclic) bond motifs is 10. The number of anilines is 3. The maximum Gasteiger partial charge on any atom is 0.143 e. The van der Waals surface area contributed by atoms with Gasteiger partial charge in [-0.3, -0.25) is 0 Å². The van der Waals surface area contributed by atoms with Crippen LogP contribution in [0.3, 0.4) is 0 Å². The van der Waals surface area contributed by atoms with Crippen molar-refractivity contribution in [1.29, 1.82) is 0 Å². The van der Waals surface area contributed by atoms with Gasteiger partial charge in [0.25, 0.3) is 0 Å². The average molecular weight is 678 g/mol. The van der Waals surface area contributed by atoms with E-state index in [1.54, 1.807) is 0 Å². The highest BCUT2D eigenvalue weighted by atomic mass is 16.3. The van der Waals surface area contributed by atoms with Gasteiger partial charge in [0.1, 0.15) is 22.3 Å². The molecule has 0 N–H and O–H groups in total. The summed E-state index contributed by atoms with van der Waals surface area (Å²) in [4.78, 5) is 2.31. The van der Waals surface area contributed by atoms with Crippen LogP contribution in [-0.4, -0.2) is 0 Å². The fraction of sp³-hybridized carbons (Fsp3) is 0. The molecule has 0 bridgehead atoms. The second-order valence-corrected chi connectivity index (χ2v) is 13.7. The van der Waals surface area contributed by atoms with Gasteiger partial charge in [-0.2, -0.15) is 0 Å². The molecule has 0 spiro atoms. The third-order valence-corrected chi connectivity index (χ3v) is 10.6. The molecule has 0 radical (unpaired) electrons. The summed E-state index contributed by atoms with van der Waals surface area (Å²) in [5, 5.41) is 9.41. The van der Waals surface area contributed by atoms with Crippen molar-refractivity contribution in [3.63, 3.8) is 0 Å². The molecule has 248 valence electrons. The molecular formula is C50H31NO2. The van der Waals surface area contributed by atoms with Crippen LogP contribution in [0.15, 0.2) is 197 Å². The maximum absolute atomic E-state index is 6.56. The minimum atomic E-state index is 0.903. The lowest BCUT2D eigenvalue weighted by Gasteiger charge is -2.26. The molecule has 0 aliphatic carbocycles. The Balaban J connectivity index is 1.03. The van der Waals surface area contributed by atoms with Crippen LogP contribution in [0.2, 0.25) is 0 Å². The highest BCUT2D eigenvalue weighted by Gasteiger charge is 2.19. The quantitative estimate of drug-likeness (QED) is 0.182. The lowest BCUT2D eigenvalue weighted by Crippen LogP contribution is -2.09. The van der Waals surface area contributed by atoms with E-state index in [2.05, 4.69) is 181 Å². The summed E-state index contributed by atoms with van der Waals surface area (Å²) in [6.45, 7) is 0. The molecule has 0 saturated carbocycles. The van der Waals surface area contributed by atoms with E-state index in [9.17, 15) is 0 Å². The number of hydrogen-bond acceptors (Lipinski definition) is 3. The first kappa shape index (κ1) is 29.6. The van der Waals surface area contributed by atoms with Gasteiger partial charge in [-0.05, 0) is 93.3 Å². The van der Waals surface area contributed by atoms with Crippen LogP contribution in [0.4, 0.5) is 17.1 Å². The Bertz CT molecular complexity index is 2960. The molecule has 2 aromatic heterocycles. The predicted molar refractivity (Wildman–Crippen MR) is 222 cm³/mol. The van der Waals surface area contributed by atoms with Crippen molar-refractivity contribution in [2.75, 3.05) is 4.90 Å². The molecule has 0 saturated heterocycles. The zero-order valence-corrected chi connectivity index (χ0v) is 28.7. The minimum absolute atomic E-state index is 0.903. The molecule has 0 unspecified atom stereocenters. The summed E-state index contributed by atoms with van der Waals surface area (Å²) in [5.41, 5.74) is 11.3. The van der Waals surface area contributed by atoms with E-state index in [1.165, 1.54) is 21.5 Å². The molecule has 0 amide bonds. The summed E-state index contributed by atoms with van der Waals surface area (Å²) in [6.07, 6.45) is 0. The van der Waals surface area contributed by atoms with Gasteiger partial charge in [-0.1, -0.05) is 127 Å². The highest BCUT2D eigenvalue weighted by Crippen LogP contribution is 2.44. The van der Waals surface area contributed by atoms with E-state index in [1.807, 2.05) is 12.1 Å². The highest BCUT2D eigenvalue weighted by molar-refractivity contribution is 6.23. The summed E-state index contributed by atoms with van der Waals surface area (Å²) in [5.74, 6) is 0. The third-order valence-electron chi connectivity index (χ3n) is 10.6. The van der Waals surface area contributed by atoms with Gasteiger partial charge >= 0.3 is 0 Å². The topological polar surface area (TPSA) is 29.5 Å². The van der Waals surface area contributed by atoms with Crippen LogP contribution in [-0.2, 0) is 0 Å². The molecule has 0 atom stereocenters. The SMILES string of the molecule is c1ccc(N(c2ccc(-c3cc4ccccc4c4c3oc3ccccc34)cc2)c2ccc(-c3cc4ccccc4c4c3oc3ccccc34)cc2)cc1. The standard InChI is InChI=1S/C50H31NO2/c1-2-14-36(15-3-1)51(37-26-22-32(23-27-37)43-30-34-12-4-6-16-39(34)47-41-18-8-10-20-45(41)52-49(43)47)38-28-24-33(25-29-38)44-31-35-13-5-7-17-40(35)48-42-19-9-11-21-46(42)53-50(44)48/h1-31H. The van der Waals surface area contributed by atoms with Gasteiger partial charge in [0, 0.05) is 49.7 Å². The largest absolute Gasteiger partial charge is 0.455 e. The van der Waals surface area contributed by atoms with Crippen molar-refractivity contribution in [2.24, 2.45) is 0 Å². The number of para-hydroxylation sites is 3. The monoisotopic (exact) mass is 677 g/mol. The van der Waals surface area contributed by atoms with Gasteiger partial charge in [0.2, 0.25) is 0 Å². The average Bonchev–Trinajstić information content (AvgIpc) is 3.82. The Morgan fingerprint density at radius 3 is 1.17 bits per heavy atom. The van der Waals surface area contributed by atoms with Gasteiger partial charge in [-0.15, -0.1) is 0 Å². The smallest absolute Gasteiger partial charge is 0.143 e. The normalized spacial score (nSPS) is 11.8. The van der Waals surface area contributed by atoms with E-state index in [-0.39, 0.29) is 0 Å². The van der Waals surface area contributed by atoms with Crippen LogP contribution in [0.1, 0.15) is 0 Å². The minimum Gasteiger partial charge on any atom is -0.455 e. The fourth-order valence-electron chi connectivity index (χ4n) is 8.18. The van der Waals surface area contributed by atoms with E-state index in [4.69, 9.17) is 8.83 Å².